The Morgan fingerprint density at radius 3 is 2.00 bits per heavy atom. The molecule has 0 aliphatic heterocycles. The van der Waals surface area contributed by atoms with Crippen molar-refractivity contribution in [3.05, 3.63) is 59.7 Å². The van der Waals surface area contributed by atoms with E-state index in [1.807, 2.05) is 0 Å². The van der Waals surface area contributed by atoms with Gasteiger partial charge in [0.15, 0.2) is 9.84 Å². The number of rotatable bonds is 5. The van der Waals surface area contributed by atoms with E-state index in [1.54, 1.807) is 0 Å². The molecule has 0 bridgehead atoms. The second-order valence-electron chi connectivity index (χ2n) is 5.79. The molecule has 1 unspecified atom stereocenters. The van der Waals surface area contributed by atoms with Gasteiger partial charge in [0, 0.05) is 11.9 Å². The van der Waals surface area contributed by atoms with Crippen LogP contribution in [0.2, 0.25) is 0 Å². The van der Waals surface area contributed by atoms with Gasteiger partial charge in [-0.05, 0) is 50.5 Å². The molecular formula is C17H18F2N2O3S. The Morgan fingerprint density at radius 2 is 1.56 bits per heavy atom. The molecule has 134 valence electrons. The molecule has 0 aliphatic carbocycles. The summed E-state index contributed by atoms with van der Waals surface area (Å²) in [5.74, 6) is -2.27. The zero-order valence-electron chi connectivity index (χ0n) is 14.0. The molecule has 0 aromatic heterocycles. The van der Waals surface area contributed by atoms with Crippen molar-refractivity contribution in [2.24, 2.45) is 0 Å². The van der Waals surface area contributed by atoms with Crippen LogP contribution in [0.5, 0.6) is 0 Å². The highest BCUT2D eigenvalue weighted by Crippen LogP contribution is 2.26. The van der Waals surface area contributed by atoms with Crippen molar-refractivity contribution in [1.29, 1.82) is 0 Å². The third kappa shape index (κ3) is 4.40. The molecule has 0 radical (unpaired) electrons. The van der Waals surface area contributed by atoms with Gasteiger partial charge in [-0.1, -0.05) is 6.07 Å². The van der Waals surface area contributed by atoms with Gasteiger partial charge in [-0.25, -0.2) is 17.2 Å². The Labute approximate surface area is 145 Å². The molecule has 8 heteroatoms. The van der Waals surface area contributed by atoms with Gasteiger partial charge in [0.2, 0.25) is 5.91 Å². The maximum Gasteiger partial charge on any atom is 0.246 e. The van der Waals surface area contributed by atoms with Crippen LogP contribution in [0.4, 0.5) is 14.5 Å². The van der Waals surface area contributed by atoms with Gasteiger partial charge < -0.3 is 5.32 Å². The Kier molecular flexibility index (Phi) is 5.54. The van der Waals surface area contributed by atoms with E-state index in [-0.39, 0.29) is 10.5 Å². The van der Waals surface area contributed by atoms with E-state index in [0.717, 1.165) is 18.4 Å². The molecule has 2 aromatic carbocycles. The molecular weight excluding hydrogens is 350 g/mol. The van der Waals surface area contributed by atoms with Crippen LogP contribution in [0, 0.1) is 11.6 Å². The molecule has 25 heavy (non-hydrogen) atoms. The SMILES string of the molecule is CN(C)C(C(=O)Nc1ccc(S(C)(=O)=O)cc1)c1c(F)cccc1F. The smallest absolute Gasteiger partial charge is 0.246 e. The van der Waals surface area contributed by atoms with Gasteiger partial charge >= 0.3 is 0 Å². The zero-order chi connectivity index (χ0) is 18.8. The van der Waals surface area contributed by atoms with Gasteiger partial charge in [0.25, 0.3) is 0 Å². The van der Waals surface area contributed by atoms with Crippen molar-refractivity contribution in [2.45, 2.75) is 10.9 Å². The van der Waals surface area contributed by atoms with Crippen LogP contribution in [-0.2, 0) is 14.6 Å². The monoisotopic (exact) mass is 368 g/mol. The molecule has 5 nitrogen and oxygen atoms in total. The fraction of sp³-hybridized carbons (Fsp3) is 0.235. The number of hydrogen-bond donors (Lipinski definition) is 1. The predicted molar refractivity (Wildman–Crippen MR) is 91.0 cm³/mol. The Bertz CT molecular complexity index is 861. The standard InChI is InChI=1S/C17H18F2N2O3S/c1-21(2)16(15-13(18)5-4-6-14(15)19)17(22)20-11-7-9-12(10-8-11)25(3,23)24/h4-10,16H,1-3H3,(H,20,22). The largest absolute Gasteiger partial charge is 0.324 e. The highest BCUT2D eigenvalue weighted by atomic mass is 32.2. The normalized spacial score (nSPS) is 12.9. The summed E-state index contributed by atoms with van der Waals surface area (Å²) in [7, 11) is -0.291. The number of hydrogen-bond acceptors (Lipinski definition) is 4. The number of likely N-dealkylation sites (N-methyl/N-ethyl adjacent to an activating group) is 1. The predicted octanol–water partition coefficient (Wildman–Crippen LogP) is 2.61. The van der Waals surface area contributed by atoms with E-state index in [9.17, 15) is 22.0 Å². The Balaban J connectivity index is 2.30. The molecule has 1 amide bonds. The second-order valence-corrected chi connectivity index (χ2v) is 7.80. The van der Waals surface area contributed by atoms with Gasteiger partial charge in [0.05, 0.1) is 10.5 Å². The van der Waals surface area contributed by atoms with E-state index < -0.39 is 33.4 Å². The van der Waals surface area contributed by atoms with Crippen LogP contribution in [0.1, 0.15) is 11.6 Å². The minimum absolute atomic E-state index is 0.106. The summed E-state index contributed by atoms with van der Waals surface area (Å²) in [5, 5.41) is 2.55. The van der Waals surface area contributed by atoms with Crippen LogP contribution < -0.4 is 5.32 Å². The third-order valence-corrected chi connectivity index (χ3v) is 4.72. The number of carbonyl (C=O) groups is 1. The summed E-state index contributed by atoms with van der Waals surface area (Å²) < 4.78 is 51.0. The molecule has 0 aliphatic rings. The number of sulfone groups is 1. The molecule has 0 saturated carbocycles. The molecule has 0 heterocycles. The quantitative estimate of drug-likeness (QED) is 0.881. The first kappa shape index (κ1) is 19.0. The van der Waals surface area contributed by atoms with Gasteiger partial charge in [0.1, 0.15) is 17.7 Å². The summed E-state index contributed by atoms with van der Waals surface area (Å²) in [6.45, 7) is 0. The summed E-state index contributed by atoms with van der Waals surface area (Å²) >= 11 is 0. The topological polar surface area (TPSA) is 66.5 Å². The lowest BCUT2D eigenvalue weighted by atomic mass is 10.0. The lowest BCUT2D eigenvalue weighted by Gasteiger charge is -2.24. The zero-order valence-corrected chi connectivity index (χ0v) is 14.8. The summed E-state index contributed by atoms with van der Waals surface area (Å²) in [6, 6.07) is 7.74. The van der Waals surface area contributed by atoms with E-state index in [1.165, 1.54) is 49.3 Å². The van der Waals surface area contributed by atoms with Crippen LogP contribution in [0.15, 0.2) is 47.4 Å². The van der Waals surface area contributed by atoms with Crippen LogP contribution in [0.3, 0.4) is 0 Å². The molecule has 2 aromatic rings. The lowest BCUT2D eigenvalue weighted by Crippen LogP contribution is -2.33. The number of halogens is 2. The summed E-state index contributed by atoms with van der Waals surface area (Å²) in [5.41, 5.74) is -0.0289. The molecule has 0 spiro atoms. The van der Waals surface area contributed by atoms with Crippen molar-refractivity contribution in [3.63, 3.8) is 0 Å². The number of amides is 1. The van der Waals surface area contributed by atoms with Gasteiger partial charge in [-0.2, -0.15) is 0 Å². The van der Waals surface area contributed by atoms with E-state index in [0.29, 0.717) is 5.69 Å². The first-order valence-corrected chi connectivity index (χ1v) is 9.21. The van der Waals surface area contributed by atoms with Crippen molar-refractivity contribution >= 4 is 21.4 Å². The Hall–Kier alpha value is -2.32. The van der Waals surface area contributed by atoms with Crippen LogP contribution >= 0.6 is 0 Å². The Morgan fingerprint density at radius 1 is 1.04 bits per heavy atom. The van der Waals surface area contributed by atoms with Crippen molar-refractivity contribution in [3.8, 4) is 0 Å². The average molecular weight is 368 g/mol. The number of carbonyl (C=O) groups excluding carboxylic acids is 1. The highest BCUT2D eigenvalue weighted by Gasteiger charge is 2.29. The van der Waals surface area contributed by atoms with Crippen molar-refractivity contribution in [2.75, 3.05) is 25.7 Å². The fourth-order valence-corrected chi connectivity index (χ4v) is 3.02. The molecule has 0 fully saturated rings. The lowest BCUT2D eigenvalue weighted by molar-refractivity contribution is -0.120. The average Bonchev–Trinajstić information content (AvgIpc) is 2.50. The van der Waals surface area contributed by atoms with Crippen molar-refractivity contribution in [1.82, 2.24) is 4.90 Å². The summed E-state index contributed by atoms with van der Waals surface area (Å²) in [6.07, 6.45) is 1.07. The molecule has 1 N–H and O–H groups in total. The molecule has 1 atom stereocenters. The summed E-state index contributed by atoms with van der Waals surface area (Å²) in [4.78, 5) is 14.0. The fourth-order valence-electron chi connectivity index (χ4n) is 2.39. The van der Waals surface area contributed by atoms with Gasteiger partial charge in [-0.3, -0.25) is 9.69 Å². The van der Waals surface area contributed by atoms with Crippen LogP contribution in [0.25, 0.3) is 0 Å². The van der Waals surface area contributed by atoms with E-state index in [2.05, 4.69) is 5.32 Å². The maximum absolute atomic E-state index is 14.0. The van der Waals surface area contributed by atoms with Crippen molar-refractivity contribution < 1.29 is 22.0 Å². The number of nitrogens with one attached hydrogen (secondary N) is 1. The number of anilines is 1. The van der Waals surface area contributed by atoms with Crippen LogP contribution in [-0.4, -0.2) is 39.6 Å². The van der Waals surface area contributed by atoms with Gasteiger partial charge in [-0.15, -0.1) is 0 Å². The minimum Gasteiger partial charge on any atom is -0.324 e. The number of nitrogens with zero attached hydrogens (tertiary/aromatic N) is 1. The number of benzene rings is 2. The van der Waals surface area contributed by atoms with E-state index >= 15 is 0 Å². The molecule has 0 saturated heterocycles. The first-order valence-electron chi connectivity index (χ1n) is 7.32. The molecule has 2 rings (SSSR count). The van der Waals surface area contributed by atoms with E-state index in [4.69, 9.17) is 0 Å². The highest BCUT2D eigenvalue weighted by molar-refractivity contribution is 7.90. The first-order chi connectivity index (χ1) is 11.6. The maximum atomic E-state index is 14.0. The third-order valence-electron chi connectivity index (χ3n) is 3.59. The second kappa shape index (κ2) is 7.28. The minimum atomic E-state index is -3.35.